The van der Waals surface area contributed by atoms with Crippen molar-refractivity contribution in [3.63, 3.8) is 0 Å². The number of carbonyl (C=O) groups is 3. The molecule has 1 aromatic heterocycles. The van der Waals surface area contributed by atoms with Gasteiger partial charge in [0, 0.05) is 31.0 Å². The second kappa shape index (κ2) is 6.09. The summed E-state index contributed by atoms with van der Waals surface area (Å²) in [4.78, 5) is 41.5. The zero-order valence-electron chi connectivity index (χ0n) is 12.1. The highest BCUT2D eigenvalue weighted by molar-refractivity contribution is 6.05. The second-order valence-electron chi connectivity index (χ2n) is 5.52. The van der Waals surface area contributed by atoms with Crippen molar-refractivity contribution in [2.24, 2.45) is 11.8 Å². The number of aromatic nitrogens is 1. The number of carbonyl (C=O) groups excluding carboxylic acids is 3. The van der Waals surface area contributed by atoms with E-state index in [-0.39, 0.29) is 42.5 Å². The minimum Gasteiger partial charge on any atom is -0.326 e. The molecule has 3 amide bonds. The average Bonchev–Trinajstić information content (AvgIpc) is 2.78. The minimum atomic E-state index is -0.235. The van der Waals surface area contributed by atoms with Crippen molar-refractivity contribution >= 4 is 23.4 Å². The maximum Gasteiger partial charge on any atom is 0.233 e. The molecule has 0 bridgehead atoms. The zero-order chi connectivity index (χ0) is 15.5. The fraction of sp³-hybridized carbons (Fsp3) is 0.375. The number of rotatable bonds is 4. The fourth-order valence-electron chi connectivity index (χ4n) is 2.96. The summed E-state index contributed by atoms with van der Waals surface area (Å²) in [6, 6.07) is 3.37. The highest BCUT2D eigenvalue weighted by atomic mass is 16.2. The number of nitrogens with one attached hydrogen (secondary N) is 1. The van der Waals surface area contributed by atoms with Gasteiger partial charge in [0.15, 0.2) is 0 Å². The van der Waals surface area contributed by atoms with Gasteiger partial charge in [0.2, 0.25) is 17.7 Å². The number of hydrogen-bond donors (Lipinski definition) is 1. The lowest BCUT2D eigenvalue weighted by Gasteiger charge is -2.14. The molecule has 3 rings (SSSR count). The molecule has 0 saturated carbocycles. The van der Waals surface area contributed by atoms with Crippen LogP contribution < -0.4 is 5.32 Å². The molecule has 1 fully saturated rings. The monoisotopic (exact) mass is 299 g/mol. The molecule has 22 heavy (non-hydrogen) atoms. The summed E-state index contributed by atoms with van der Waals surface area (Å²) in [6.45, 7) is 0.140. The Morgan fingerprint density at radius 3 is 2.32 bits per heavy atom. The molecule has 1 N–H and O–H groups in total. The fourth-order valence-corrected chi connectivity index (χ4v) is 2.96. The third-order valence-corrected chi connectivity index (χ3v) is 4.13. The first-order valence-electron chi connectivity index (χ1n) is 7.37. The molecule has 0 spiro atoms. The van der Waals surface area contributed by atoms with Gasteiger partial charge in [-0.15, -0.1) is 0 Å². The smallest absolute Gasteiger partial charge is 0.233 e. The van der Waals surface area contributed by atoms with E-state index in [9.17, 15) is 14.4 Å². The van der Waals surface area contributed by atoms with Crippen LogP contribution in [0, 0.1) is 11.8 Å². The van der Waals surface area contributed by atoms with Crippen LogP contribution in [0.25, 0.3) is 0 Å². The number of hydrogen-bond acceptors (Lipinski definition) is 4. The predicted octanol–water partition coefficient (Wildman–Crippen LogP) is 1.36. The van der Waals surface area contributed by atoms with Crippen molar-refractivity contribution in [1.29, 1.82) is 0 Å². The molecule has 0 aromatic carbocycles. The van der Waals surface area contributed by atoms with Crippen molar-refractivity contribution in [3.05, 3.63) is 36.7 Å². The van der Waals surface area contributed by atoms with Crippen LogP contribution in [0.3, 0.4) is 0 Å². The van der Waals surface area contributed by atoms with Gasteiger partial charge in [-0.25, -0.2) is 0 Å². The lowest BCUT2D eigenvalue weighted by molar-refractivity contribution is -0.140. The van der Waals surface area contributed by atoms with Crippen LogP contribution in [0.4, 0.5) is 5.69 Å². The molecular weight excluding hydrogens is 282 g/mol. The largest absolute Gasteiger partial charge is 0.326 e. The molecule has 6 nitrogen and oxygen atoms in total. The highest BCUT2D eigenvalue weighted by Crippen LogP contribution is 2.34. The van der Waals surface area contributed by atoms with E-state index in [2.05, 4.69) is 10.3 Å². The molecule has 1 aliphatic carbocycles. The number of nitrogens with zero attached hydrogens (tertiary/aromatic N) is 2. The van der Waals surface area contributed by atoms with Crippen LogP contribution in [0.1, 0.15) is 19.3 Å². The average molecular weight is 299 g/mol. The van der Waals surface area contributed by atoms with Crippen molar-refractivity contribution in [3.8, 4) is 0 Å². The highest BCUT2D eigenvalue weighted by Gasteiger charge is 2.46. The summed E-state index contributed by atoms with van der Waals surface area (Å²) < 4.78 is 0. The summed E-state index contributed by atoms with van der Waals surface area (Å²) in [7, 11) is 0. The molecular formula is C16H17N3O3. The minimum absolute atomic E-state index is 0.104. The maximum absolute atomic E-state index is 12.3. The maximum atomic E-state index is 12.3. The van der Waals surface area contributed by atoms with E-state index >= 15 is 0 Å². The van der Waals surface area contributed by atoms with E-state index in [1.807, 2.05) is 12.2 Å². The Bertz CT molecular complexity index is 601. The van der Waals surface area contributed by atoms with E-state index < -0.39 is 0 Å². The normalized spacial score (nSPS) is 23.5. The molecule has 114 valence electrons. The number of anilines is 1. The topological polar surface area (TPSA) is 79.4 Å². The molecule has 0 radical (unpaired) electrons. The van der Waals surface area contributed by atoms with Crippen molar-refractivity contribution in [2.45, 2.75) is 19.3 Å². The lowest BCUT2D eigenvalue weighted by atomic mass is 9.85. The Morgan fingerprint density at radius 2 is 1.73 bits per heavy atom. The number of fused-ring (bicyclic) bond motifs is 1. The van der Waals surface area contributed by atoms with Gasteiger partial charge >= 0.3 is 0 Å². The van der Waals surface area contributed by atoms with Crippen LogP contribution in [0.2, 0.25) is 0 Å². The van der Waals surface area contributed by atoms with Gasteiger partial charge in [-0.2, -0.15) is 0 Å². The van der Waals surface area contributed by atoms with Crippen LogP contribution in [-0.2, 0) is 14.4 Å². The van der Waals surface area contributed by atoms with Crippen molar-refractivity contribution in [2.75, 3.05) is 11.9 Å². The van der Waals surface area contributed by atoms with Crippen LogP contribution in [0.5, 0.6) is 0 Å². The Kier molecular flexibility index (Phi) is 4.00. The predicted molar refractivity (Wildman–Crippen MR) is 79.6 cm³/mol. The molecule has 1 saturated heterocycles. The Balaban J connectivity index is 1.56. The van der Waals surface area contributed by atoms with Gasteiger partial charge in [0.25, 0.3) is 0 Å². The van der Waals surface area contributed by atoms with Gasteiger partial charge in [0.1, 0.15) is 0 Å². The second-order valence-corrected chi connectivity index (χ2v) is 5.52. The van der Waals surface area contributed by atoms with Crippen LogP contribution in [0.15, 0.2) is 36.7 Å². The van der Waals surface area contributed by atoms with Gasteiger partial charge in [0.05, 0.1) is 11.8 Å². The molecule has 6 heteroatoms. The number of imide groups is 1. The molecule has 2 aliphatic rings. The number of likely N-dealkylation sites (tertiary alicyclic amines) is 1. The van der Waals surface area contributed by atoms with Gasteiger partial charge in [-0.3, -0.25) is 24.3 Å². The molecule has 1 aromatic rings. The Hall–Kier alpha value is -2.50. The van der Waals surface area contributed by atoms with E-state index in [4.69, 9.17) is 0 Å². The standard InChI is InChI=1S/C16H17N3O3/c20-14(18-11-5-8-17-9-6-11)7-10-19-15(21)12-3-1-2-4-13(12)16(19)22/h1-2,5-6,8-9,12-13H,3-4,7,10H2,(H,17,18,20)/t12-,13+. The van der Waals surface area contributed by atoms with Crippen LogP contribution >= 0.6 is 0 Å². The van der Waals surface area contributed by atoms with Gasteiger partial charge < -0.3 is 5.32 Å². The third kappa shape index (κ3) is 2.77. The first-order chi connectivity index (χ1) is 10.7. The van der Waals surface area contributed by atoms with E-state index in [0.717, 1.165) is 0 Å². The van der Waals surface area contributed by atoms with E-state index in [1.54, 1.807) is 24.5 Å². The Morgan fingerprint density at radius 1 is 1.14 bits per heavy atom. The van der Waals surface area contributed by atoms with Crippen molar-refractivity contribution in [1.82, 2.24) is 9.88 Å². The van der Waals surface area contributed by atoms with Crippen molar-refractivity contribution < 1.29 is 14.4 Å². The molecule has 2 heterocycles. The first-order valence-corrected chi connectivity index (χ1v) is 7.37. The SMILES string of the molecule is O=C(CCN1C(=O)[C@H]2CC=CC[C@H]2C1=O)Nc1ccncc1. The number of allylic oxidation sites excluding steroid dienone is 2. The summed E-state index contributed by atoms with van der Waals surface area (Å²) in [5, 5.41) is 2.72. The molecule has 1 aliphatic heterocycles. The van der Waals surface area contributed by atoms with Gasteiger partial charge in [-0.1, -0.05) is 12.2 Å². The quantitative estimate of drug-likeness (QED) is 0.672. The summed E-state index contributed by atoms with van der Waals surface area (Å²) in [5.41, 5.74) is 0.650. The number of pyridine rings is 1. The summed E-state index contributed by atoms with van der Waals surface area (Å²) in [6.07, 6.45) is 8.41. The molecule has 0 unspecified atom stereocenters. The van der Waals surface area contributed by atoms with E-state index in [1.165, 1.54) is 4.90 Å². The summed E-state index contributed by atoms with van der Waals surface area (Å²) in [5.74, 6) is -0.978. The van der Waals surface area contributed by atoms with E-state index in [0.29, 0.717) is 18.5 Å². The summed E-state index contributed by atoms with van der Waals surface area (Å²) >= 11 is 0. The lowest BCUT2D eigenvalue weighted by Crippen LogP contribution is -2.34. The zero-order valence-corrected chi connectivity index (χ0v) is 12.1. The number of amides is 3. The third-order valence-electron chi connectivity index (χ3n) is 4.13. The Labute approximate surface area is 128 Å². The first kappa shape index (κ1) is 14.4. The van der Waals surface area contributed by atoms with Gasteiger partial charge in [-0.05, 0) is 25.0 Å². The molecule has 2 atom stereocenters. The van der Waals surface area contributed by atoms with Crippen LogP contribution in [-0.4, -0.2) is 34.2 Å².